The van der Waals surface area contributed by atoms with Crippen LogP contribution in [0, 0.1) is 0 Å². The number of carbonyl (C=O) groups excluding carboxylic acids is 3. The summed E-state index contributed by atoms with van der Waals surface area (Å²) in [5.41, 5.74) is 0. The number of hydrogen-bond acceptors (Lipinski definition) is 6. The predicted molar refractivity (Wildman–Crippen MR) is 362 cm³/mol. The number of rotatable bonds is 60. The lowest BCUT2D eigenvalue weighted by Crippen LogP contribution is -2.30. The summed E-state index contributed by atoms with van der Waals surface area (Å²) in [6.45, 7) is 6.35. The number of esters is 3. The number of unbranched alkanes of at least 4 members (excludes halogenated alkanes) is 23. The van der Waals surface area contributed by atoms with Crippen molar-refractivity contribution >= 4 is 17.9 Å². The van der Waals surface area contributed by atoms with Gasteiger partial charge in [-0.05, 0) is 141 Å². The number of allylic oxidation sites excluding steroid dienone is 26. The zero-order valence-corrected chi connectivity index (χ0v) is 53.7. The molecular formula is C77H124O6. The van der Waals surface area contributed by atoms with E-state index < -0.39 is 6.10 Å². The van der Waals surface area contributed by atoms with E-state index in [0.29, 0.717) is 19.3 Å². The van der Waals surface area contributed by atoms with Gasteiger partial charge in [-0.25, -0.2) is 0 Å². The highest BCUT2D eigenvalue weighted by molar-refractivity contribution is 5.71. The Balaban J connectivity index is 4.53. The van der Waals surface area contributed by atoms with Crippen LogP contribution in [0.3, 0.4) is 0 Å². The summed E-state index contributed by atoms with van der Waals surface area (Å²) in [4.78, 5) is 38.4. The summed E-state index contributed by atoms with van der Waals surface area (Å²) in [6, 6.07) is 0. The van der Waals surface area contributed by atoms with Crippen LogP contribution in [0.2, 0.25) is 0 Å². The molecule has 83 heavy (non-hydrogen) atoms. The maximum atomic E-state index is 13.0. The minimum atomic E-state index is -0.819. The lowest BCUT2D eigenvalue weighted by atomic mass is 10.0. The normalized spacial score (nSPS) is 13.1. The van der Waals surface area contributed by atoms with Crippen LogP contribution in [0.1, 0.15) is 290 Å². The van der Waals surface area contributed by atoms with Crippen LogP contribution in [0.4, 0.5) is 0 Å². The van der Waals surface area contributed by atoms with Crippen molar-refractivity contribution in [2.45, 2.75) is 297 Å². The predicted octanol–water partition coefficient (Wildman–Crippen LogP) is 23.7. The zero-order chi connectivity index (χ0) is 59.9. The van der Waals surface area contributed by atoms with Gasteiger partial charge in [0, 0.05) is 19.3 Å². The molecule has 1 unspecified atom stereocenters. The molecule has 0 saturated heterocycles. The fourth-order valence-corrected chi connectivity index (χ4v) is 8.98. The topological polar surface area (TPSA) is 78.9 Å². The molecule has 6 heteroatoms. The molecule has 0 aliphatic rings. The molecule has 0 rings (SSSR count). The van der Waals surface area contributed by atoms with Crippen molar-refractivity contribution in [2.24, 2.45) is 0 Å². The Morgan fingerprint density at radius 2 is 0.482 bits per heavy atom. The molecule has 0 radical (unpaired) electrons. The van der Waals surface area contributed by atoms with E-state index in [1.54, 1.807) is 0 Å². The third-order valence-corrected chi connectivity index (χ3v) is 14.0. The van der Waals surface area contributed by atoms with Crippen LogP contribution in [-0.4, -0.2) is 37.2 Å². The highest BCUT2D eigenvalue weighted by atomic mass is 16.6. The van der Waals surface area contributed by atoms with Gasteiger partial charge in [0.2, 0.25) is 0 Å². The second-order valence-electron chi connectivity index (χ2n) is 22.0. The van der Waals surface area contributed by atoms with Crippen molar-refractivity contribution in [1.82, 2.24) is 0 Å². The Kier molecular flexibility index (Phi) is 65.4. The van der Waals surface area contributed by atoms with E-state index in [1.165, 1.54) is 109 Å². The smallest absolute Gasteiger partial charge is 0.306 e. The number of ether oxygens (including phenoxy) is 3. The van der Waals surface area contributed by atoms with Crippen LogP contribution < -0.4 is 0 Å². The van der Waals surface area contributed by atoms with Gasteiger partial charge in [-0.2, -0.15) is 0 Å². The number of carbonyl (C=O) groups is 3. The summed E-state index contributed by atoms with van der Waals surface area (Å²) in [7, 11) is 0. The maximum Gasteiger partial charge on any atom is 0.306 e. The van der Waals surface area contributed by atoms with Crippen molar-refractivity contribution in [3.63, 3.8) is 0 Å². The van der Waals surface area contributed by atoms with Gasteiger partial charge in [-0.15, -0.1) is 0 Å². The fourth-order valence-electron chi connectivity index (χ4n) is 8.98. The summed E-state index contributed by atoms with van der Waals surface area (Å²) >= 11 is 0. The second-order valence-corrected chi connectivity index (χ2v) is 22.0. The molecule has 0 spiro atoms. The van der Waals surface area contributed by atoms with Crippen LogP contribution in [-0.2, 0) is 28.6 Å². The first-order valence-corrected chi connectivity index (χ1v) is 34.0. The molecule has 0 amide bonds. The first kappa shape index (κ1) is 78.0. The molecule has 0 bridgehead atoms. The van der Waals surface area contributed by atoms with Crippen molar-refractivity contribution < 1.29 is 28.6 Å². The Morgan fingerprint density at radius 3 is 0.783 bits per heavy atom. The molecule has 0 aromatic heterocycles. The van der Waals surface area contributed by atoms with Crippen molar-refractivity contribution in [2.75, 3.05) is 13.2 Å². The van der Waals surface area contributed by atoms with E-state index in [-0.39, 0.29) is 37.5 Å². The van der Waals surface area contributed by atoms with E-state index in [2.05, 4.69) is 179 Å². The molecule has 0 aliphatic carbocycles. The maximum absolute atomic E-state index is 13.0. The van der Waals surface area contributed by atoms with E-state index >= 15 is 0 Å². The van der Waals surface area contributed by atoms with Gasteiger partial charge in [0.1, 0.15) is 13.2 Å². The molecule has 0 saturated carbocycles. The third kappa shape index (κ3) is 67.7. The molecule has 0 fully saturated rings. The van der Waals surface area contributed by atoms with Gasteiger partial charge in [0.15, 0.2) is 6.10 Å². The average molecular weight is 1150 g/mol. The van der Waals surface area contributed by atoms with Crippen molar-refractivity contribution in [3.05, 3.63) is 158 Å². The highest BCUT2D eigenvalue weighted by Gasteiger charge is 2.19. The molecule has 468 valence electrons. The SMILES string of the molecule is CC/C=C\C/C=C\C/C=C\C/C=C\C/C=C\C/C=C\C/C=C\CCCC(=O)OCC(COC(=O)CCCCCCCC/C=C\C/C=C\C/C=C\C/C=C\CC)OC(=O)CCCCCCCCCCCCC/C=C\C/C=C\CCCCCCC. The standard InChI is InChI=1S/C77H124O6/c1-4-7-10-13-16-19-22-25-28-31-34-36-38-40-43-46-49-52-55-58-61-64-67-70-76(79)82-73-74(72-81-75(78)69-66-63-60-57-54-51-48-45-42-33-30-27-24-21-18-15-12-9-6-3)83-77(80)71-68-65-62-59-56-53-50-47-44-41-39-37-35-32-29-26-23-20-17-14-11-8-5-2/h7,9-10,12,16,18-19,21,23,25-28,30,32,34-36,40,42-43,45,49,52,58,61,74H,4-6,8,11,13-15,17,20,22,24,29,31,33,37-39,41,44,46-48,50-51,53-57,59-60,62-73H2,1-3H3/b10-7-,12-9-,19-16-,21-18-,26-23-,28-25-,30-27-,35-32-,36-34-,43-40-,45-42-,52-49-,61-58-. The average Bonchev–Trinajstić information content (AvgIpc) is 3.49. The first-order valence-electron chi connectivity index (χ1n) is 34.0. The molecular weight excluding hydrogens is 1020 g/mol. The minimum Gasteiger partial charge on any atom is -0.462 e. The van der Waals surface area contributed by atoms with E-state index in [9.17, 15) is 14.4 Å². The summed E-state index contributed by atoms with van der Waals surface area (Å²) in [5, 5.41) is 0. The van der Waals surface area contributed by atoms with Gasteiger partial charge in [-0.3, -0.25) is 14.4 Å². The van der Waals surface area contributed by atoms with Gasteiger partial charge >= 0.3 is 17.9 Å². The van der Waals surface area contributed by atoms with Gasteiger partial charge in [0.05, 0.1) is 0 Å². The Labute approximate surface area is 511 Å². The zero-order valence-electron chi connectivity index (χ0n) is 53.7. The second kappa shape index (κ2) is 69.5. The Hall–Kier alpha value is -4.97. The van der Waals surface area contributed by atoms with Crippen LogP contribution >= 0.6 is 0 Å². The van der Waals surface area contributed by atoms with E-state index in [4.69, 9.17) is 14.2 Å². The summed E-state index contributed by atoms with van der Waals surface area (Å²) in [6.07, 6.45) is 101. The minimum absolute atomic E-state index is 0.110. The highest BCUT2D eigenvalue weighted by Crippen LogP contribution is 2.15. The first-order chi connectivity index (χ1) is 41.0. The molecule has 0 heterocycles. The quantitative estimate of drug-likeness (QED) is 0.0261. The van der Waals surface area contributed by atoms with Gasteiger partial charge < -0.3 is 14.2 Å². The number of hydrogen-bond donors (Lipinski definition) is 0. The molecule has 1 atom stereocenters. The Morgan fingerprint density at radius 1 is 0.253 bits per heavy atom. The van der Waals surface area contributed by atoms with Crippen LogP contribution in [0.15, 0.2) is 158 Å². The molecule has 0 N–H and O–H groups in total. The van der Waals surface area contributed by atoms with Crippen molar-refractivity contribution in [3.8, 4) is 0 Å². The van der Waals surface area contributed by atoms with Gasteiger partial charge in [0.25, 0.3) is 0 Å². The van der Waals surface area contributed by atoms with Crippen molar-refractivity contribution in [1.29, 1.82) is 0 Å². The molecule has 0 aromatic rings. The lowest BCUT2D eigenvalue weighted by molar-refractivity contribution is -0.167. The third-order valence-electron chi connectivity index (χ3n) is 14.0. The lowest BCUT2D eigenvalue weighted by Gasteiger charge is -2.18. The van der Waals surface area contributed by atoms with Crippen LogP contribution in [0.5, 0.6) is 0 Å². The van der Waals surface area contributed by atoms with Crippen LogP contribution in [0.25, 0.3) is 0 Å². The molecule has 6 nitrogen and oxygen atoms in total. The molecule has 0 aromatic carbocycles. The Bertz CT molecular complexity index is 1840. The largest absolute Gasteiger partial charge is 0.462 e. The van der Waals surface area contributed by atoms with E-state index in [1.807, 2.05) is 0 Å². The monoisotopic (exact) mass is 1140 g/mol. The summed E-state index contributed by atoms with van der Waals surface area (Å²) < 4.78 is 16.9. The summed E-state index contributed by atoms with van der Waals surface area (Å²) in [5.74, 6) is -0.985. The van der Waals surface area contributed by atoms with E-state index in [0.717, 1.165) is 135 Å². The van der Waals surface area contributed by atoms with Gasteiger partial charge in [-0.1, -0.05) is 288 Å². The molecule has 0 aliphatic heterocycles. The fraction of sp³-hybridized carbons (Fsp3) is 0.623.